The molecular formula is C24H21BrClN5O2S2. The number of aromatic nitrogens is 4. The van der Waals surface area contributed by atoms with Crippen LogP contribution >= 0.6 is 50.6 Å². The Morgan fingerprint density at radius 2 is 1.97 bits per heavy atom. The van der Waals surface area contributed by atoms with E-state index >= 15 is 0 Å². The van der Waals surface area contributed by atoms with Gasteiger partial charge in [0.2, 0.25) is 5.91 Å². The van der Waals surface area contributed by atoms with Gasteiger partial charge in [0.1, 0.15) is 12.4 Å². The van der Waals surface area contributed by atoms with Crippen molar-refractivity contribution in [3.8, 4) is 5.75 Å². The molecule has 0 aliphatic heterocycles. The van der Waals surface area contributed by atoms with Gasteiger partial charge in [0.15, 0.2) is 16.1 Å². The van der Waals surface area contributed by atoms with Crippen LogP contribution in [-0.4, -0.2) is 31.4 Å². The van der Waals surface area contributed by atoms with E-state index in [1.54, 1.807) is 36.5 Å². The molecule has 0 saturated heterocycles. The number of ether oxygens (including phenoxy) is 1. The second-order valence-electron chi connectivity index (χ2n) is 7.31. The lowest BCUT2D eigenvalue weighted by Gasteiger charge is -2.09. The Hall–Kier alpha value is -2.66. The van der Waals surface area contributed by atoms with E-state index in [1.165, 1.54) is 28.7 Å². The lowest BCUT2D eigenvalue weighted by atomic mass is 10.1. The van der Waals surface area contributed by atoms with Crippen LogP contribution < -0.4 is 10.1 Å². The zero-order valence-corrected chi connectivity index (χ0v) is 22.5. The van der Waals surface area contributed by atoms with Crippen LogP contribution in [0.2, 0.25) is 5.02 Å². The van der Waals surface area contributed by atoms with Gasteiger partial charge in [-0.1, -0.05) is 57.5 Å². The molecule has 4 aromatic rings. The number of allylic oxidation sites excluding steroid dienone is 1. The van der Waals surface area contributed by atoms with Crippen LogP contribution in [0, 0.1) is 0 Å². The minimum atomic E-state index is -0.161. The second kappa shape index (κ2) is 12.3. The summed E-state index contributed by atoms with van der Waals surface area (Å²) >= 11 is 12.1. The van der Waals surface area contributed by atoms with E-state index < -0.39 is 0 Å². The molecule has 0 aliphatic carbocycles. The molecule has 4 rings (SSSR count). The second-order valence-corrected chi connectivity index (χ2v) is 10.7. The zero-order chi connectivity index (χ0) is 24.6. The van der Waals surface area contributed by atoms with E-state index in [9.17, 15) is 4.79 Å². The molecule has 7 nitrogen and oxygen atoms in total. The van der Waals surface area contributed by atoms with Gasteiger partial charge in [-0.15, -0.1) is 28.1 Å². The number of thiazole rings is 1. The van der Waals surface area contributed by atoms with Crippen LogP contribution in [0.5, 0.6) is 5.75 Å². The highest BCUT2D eigenvalue weighted by atomic mass is 79.9. The van der Waals surface area contributed by atoms with E-state index in [-0.39, 0.29) is 18.3 Å². The molecule has 0 bridgehead atoms. The molecular weight excluding hydrogens is 570 g/mol. The summed E-state index contributed by atoms with van der Waals surface area (Å²) in [5.41, 5.74) is 1.18. The van der Waals surface area contributed by atoms with Gasteiger partial charge < -0.3 is 10.1 Å². The topological polar surface area (TPSA) is 81.9 Å². The molecule has 11 heteroatoms. The Morgan fingerprint density at radius 1 is 1.20 bits per heavy atom. The molecule has 2 aromatic carbocycles. The Kier molecular flexibility index (Phi) is 8.97. The highest BCUT2D eigenvalue weighted by Gasteiger charge is 2.15. The largest absolute Gasteiger partial charge is 0.486 e. The van der Waals surface area contributed by atoms with Crippen molar-refractivity contribution in [2.75, 3.05) is 11.1 Å². The maximum Gasteiger partial charge on any atom is 0.236 e. The molecule has 2 heterocycles. The van der Waals surface area contributed by atoms with Crippen molar-refractivity contribution < 1.29 is 9.53 Å². The normalized spacial score (nSPS) is 10.8. The lowest BCUT2D eigenvalue weighted by molar-refractivity contribution is -0.113. The van der Waals surface area contributed by atoms with Crippen molar-refractivity contribution >= 4 is 61.7 Å². The number of thioether (sulfide) groups is 1. The fraction of sp³-hybridized carbons (Fsp3) is 0.167. The minimum absolute atomic E-state index is 0.161. The number of carbonyl (C=O) groups excluding carboxylic acids is 1. The summed E-state index contributed by atoms with van der Waals surface area (Å²) in [5.74, 6) is 1.33. The predicted octanol–water partition coefficient (Wildman–Crippen LogP) is 6.24. The van der Waals surface area contributed by atoms with E-state index in [0.29, 0.717) is 33.4 Å². The third-order valence-electron chi connectivity index (χ3n) is 4.71. The van der Waals surface area contributed by atoms with Gasteiger partial charge in [0.05, 0.1) is 5.75 Å². The number of hydrogen-bond acceptors (Lipinski definition) is 7. The van der Waals surface area contributed by atoms with Crippen molar-refractivity contribution in [1.29, 1.82) is 0 Å². The Labute approximate surface area is 224 Å². The van der Waals surface area contributed by atoms with E-state index in [4.69, 9.17) is 16.3 Å². The standard InChI is InChI=1S/C24H21BrClN5O2S2/c1-2-11-31-21(14-33-19-9-7-18(26)8-10-19)29-30-24(31)34-15-22(32)28-23-27-13-20(35-23)12-16-3-5-17(25)6-4-16/h2-10,13H,1,11-12,14-15H2,(H,27,28,32). The molecule has 1 N–H and O–H groups in total. The van der Waals surface area contributed by atoms with Gasteiger partial charge in [-0.05, 0) is 42.0 Å². The quantitative estimate of drug-likeness (QED) is 0.165. The highest BCUT2D eigenvalue weighted by molar-refractivity contribution is 9.10. The first kappa shape index (κ1) is 25.4. The summed E-state index contributed by atoms with van der Waals surface area (Å²) in [7, 11) is 0. The van der Waals surface area contributed by atoms with Crippen LogP contribution in [0.3, 0.4) is 0 Å². The average Bonchev–Trinajstić information content (AvgIpc) is 3.45. The van der Waals surface area contributed by atoms with Gasteiger partial charge in [-0.2, -0.15) is 0 Å². The van der Waals surface area contributed by atoms with Crippen LogP contribution in [0.4, 0.5) is 5.13 Å². The first-order valence-corrected chi connectivity index (χ1v) is 13.5. The Morgan fingerprint density at radius 3 is 2.71 bits per heavy atom. The third-order valence-corrected chi connectivity index (χ3v) is 7.37. The molecule has 0 saturated carbocycles. The van der Waals surface area contributed by atoms with Crippen LogP contribution in [0.25, 0.3) is 0 Å². The van der Waals surface area contributed by atoms with Crippen molar-refractivity contribution in [3.05, 3.63) is 93.1 Å². The van der Waals surface area contributed by atoms with E-state index in [2.05, 4.69) is 55.1 Å². The molecule has 2 aromatic heterocycles. The number of anilines is 1. The average molecular weight is 591 g/mol. The van der Waals surface area contributed by atoms with Gasteiger partial charge in [0.25, 0.3) is 0 Å². The summed E-state index contributed by atoms with van der Waals surface area (Å²) in [5, 5.41) is 13.2. The molecule has 0 aliphatic rings. The number of nitrogens with one attached hydrogen (secondary N) is 1. The first-order chi connectivity index (χ1) is 17.0. The highest BCUT2D eigenvalue weighted by Crippen LogP contribution is 2.24. The first-order valence-electron chi connectivity index (χ1n) is 10.5. The smallest absolute Gasteiger partial charge is 0.236 e. The van der Waals surface area contributed by atoms with Gasteiger partial charge in [0, 0.05) is 33.5 Å². The van der Waals surface area contributed by atoms with Crippen molar-refractivity contribution in [2.45, 2.75) is 24.7 Å². The van der Waals surface area contributed by atoms with Crippen molar-refractivity contribution in [2.24, 2.45) is 0 Å². The van der Waals surface area contributed by atoms with Crippen molar-refractivity contribution in [1.82, 2.24) is 19.7 Å². The predicted molar refractivity (Wildman–Crippen MR) is 144 cm³/mol. The summed E-state index contributed by atoms with van der Waals surface area (Å²) in [6.07, 6.45) is 4.31. The third kappa shape index (κ3) is 7.41. The minimum Gasteiger partial charge on any atom is -0.486 e. The molecule has 180 valence electrons. The number of nitrogens with zero attached hydrogens (tertiary/aromatic N) is 4. The number of rotatable bonds is 11. The van der Waals surface area contributed by atoms with Crippen LogP contribution in [0.15, 0.2) is 77.0 Å². The van der Waals surface area contributed by atoms with E-state index in [0.717, 1.165) is 15.8 Å². The SMILES string of the molecule is C=CCn1c(COc2ccc(Cl)cc2)nnc1SCC(=O)Nc1ncc(Cc2ccc(Br)cc2)s1. The van der Waals surface area contributed by atoms with Crippen LogP contribution in [0.1, 0.15) is 16.3 Å². The van der Waals surface area contributed by atoms with Gasteiger partial charge in [-0.3, -0.25) is 9.36 Å². The Balaban J connectivity index is 1.31. The molecule has 35 heavy (non-hydrogen) atoms. The monoisotopic (exact) mass is 589 g/mol. The van der Waals surface area contributed by atoms with Gasteiger partial charge >= 0.3 is 0 Å². The number of carbonyl (C=O) groups is 1. The fourth-order valence-electron chi connectivity index (χ4n) is 3.06. The number of amides is 1. The zero-order valence-electron chi connectivity index (χ0n) is 18.5. The molecule has 0 atom stereocenters. The molecule has 0 fully saturated rings. The van der Waals surface area contributed by atoms with E-state index in [1.807, 2.05) is 16.7 Å². The Bertz CT molecular complexity index is 1290. The summed E-state index contributed by atoms with van der Waals surface area (Å²) in [6.45, 7) is 4.54. The lowest BCUT2D eigenvalue weighted by Crippen LogP contribution is -2.14. The molecule has 1 amide bonds. The number of benzene rings is 2. The number of halogens is 2. The molecule has 0 unspecified atom stereocenters. The molecule has 0 spiro atoms. The molecule has 0 radical (unpaired) electrons. The fourth-order valence-corrected chi connectivity index (χ4v) is 5.08. The maximum atomic E-state index is 12.5. The van der Waals surface area contributed by atoms with Crippen molar-refractivity contribution in [3.63, 3.8) is 0 Å². The summed E-state index contributed by atoms with van der Waals surface area (Å²) in [4.78, 5) is 17.9. The van der Waals surface area contributed by atoms with Crippen LogP contribution in [-0.2, 0) is 24.4 Å². The van der Waals surface area contributed by atoms with Gasteiger partial charge in [-0.25, -0.2) is 4.98 Å². The number of hydrogen-bond donors (Lipinski definition) is 1. The summed E-state index contributed by atoms with van der Waals surface area (Å²) < 4.78 is 8.71. The summed E-state index contributed by atoms with van der Waals surface area (Å²) in [6, 6.07) is 15.3. The maximum absolute atomic E-state index is 12.5.